The third kappa shape index (κ3) is 74.0. The van der Waals surface area contributed by atoms with Crippen LogP contribution in [0.5, 0.6) is 0 Å². The van der Waals surface area contributed by atoms with Gasteiger partial charge in [0.2, 0.25) is 11.8 Å². The summed E-state index contributed by atoms with van der Waals surface area (Å²) in [5, 5.41) is 5.86. The minimum atomic E-state index is 0.163. The van der Waals surface area contributed by atoms with Crippen LogP contribution in [0.25, 0.3) is 22.9 Å². The van der Waals surface area contributed by atoms with Gasteiger partial charge in [0.05, 0.1) is 0 Å². The van der Waals surface area contributed by atoms with Crippen molar-refractivity contribution in [2.75, 3.05) is 59.4 Å². The van der Waals surface area contributed by atoms with Crippen LogP contribution in [0.2, 0.25) is 0 Å². The number of nitrogens with one attached hydrogen (secondary N) is 6. The minimum absolute atomic E-state index is 0.163. The maximum absolute atomic E-state index is 11.7. The third-order valence-electron chi connectivity index (χ3n) is 4.55. The maximum Gasteiger partial charge on any atom is -0.171 e. The standard InChI is InChI=1S/C11H22N2O.C8H17NO.C3H7N.C2H6N2.C2H6N.C2H6.2ClH.2Pt/c1-2-3-4-5-6-11(14)13-9-7-12-8-10-13;1-3-4-5-6-7-8(10)9-2;1-2-3-4;3-1-2-4;1-2-3;1-2;;;;/h12H,2-10H2,1H3;3-7H2,1-2H3,(H,9,10);4H,1-3H2;3-4H,1-2H2;3H,2H2,1H3;1-2H3;2*1H;;/q;;2*-2;-1;;;;2*+1/p-2. The molecule has 2 amide bonds. The Morgan fingerprint density at radius 2 is 1.15 bits per heavy atom. The summed E-state index contributed by atoms with van der Waals surface area (Å²) in [6, 6.07) is 0. The molecule has 0 aliphatic carbocycles. The molecule has 0 radical (unpaired) electrons. The van der Waals surface area contributed by atoms with Crippen LogP contribution in [-0.2, 0) is 47.1 Å². The summed E-state index contributed by atoms with van der Waals surface area (Å²) in [5.41, 5.74) is 25.1. The van der Waals surface area contributed by atoms with Crippen LogP contribution in [0.4, 0.5) is 0 Å². The maximum atomic E-state index is 11.7. The molecule has 0 aromatic carbocycles. The molecule has 1 aliphatic heterocycles. The Bertz CT molecular complexity index is 410. The third-order valence-corrected chi connectivity index (χ3v) is 4.55. The first-order valence-corrected chi connectivity index (χ1v) is 20.3. The molecule has 1 heterocycles. The molecular weight excluding hydrogens is 927 g/mol. The van der Waals surface area contributed by atoms with Crippen molar-refractivity contribution in [2.45, 2.75) is 105 Å². The van der Waals surface area contributed by atoms with E-state index in [0.29, 0.717) is 25.4 Å². The van der Waals surface area contributed by atoms with Crippen molar-refractivity contribution in [3.8, 4) is 0 Å². The molecule has 9 nitrogen and oxygen atoms in total. The summed E-state index contributed by atoms with van der Waals surface area (Å²) in [4.78, 5) is 24.3. The van der Waals surface area contributed by atoms with Gasteiger partial charge in [-0.25, -0.2) is 6.42 Å². The van der Waals surface area contributed by atoms with Crippen molar-refractivity contribution in [3.05, 3.63) is 29.9 Å². The van der Waals surface area contributed by atoms with Gasteiger partial charge in [-0.2, -0.15) is 26.2 Å². The predicted octanol–water partition coefficient (Wildman–Crippen LogP) is 8.90. The Kier molecular flexibility index (Phi) is 95.2. The molecule has 0 atom stereocenters. The molecule has 1 rings (SSSR count). The van der Waals surface area contributed by atoms with E-state index in [1.807, 2.05) is 18.7 Å². The van der Waals surface area contributed by atoms with E-state index in [1.54, 1.807) is 51.5 Å². The SMILES string of the molecule is CC.CCCCCCC(=O)N1CCNCC1.CCCCCCC(=O)NC.CC[NH-].[CH2-]CC[NH-].[Cl][Pt].[Cl][Pt].[NH-]CC[NH-]. The van der Waals surface area contributed by atoms with E-state index < -0.39 is 0 Å². The van der Waals surface area contributed by atoms with Gasteiger partial charge in [0, 0.05) is 46.1 Å². The second-order valence-corrected chi connectivity index (χ2v) is 7.88. The molecule has 1 saturated heterocycles. The van der Waals surface area contributed by atoms with E-state index in [-0.39, 0.29) is 19.0 Å². The number of halogens is 2. The average Bonchev–Trinajstić information content (AvgIpc) is 3.05. The predicted molar refractivity (Wildman–Crippen MR) is 176 cm³/mol. The van der Waals surface area contributed by atoms with Crippen molar-refractivity contribution >= 4 is 30.7 Å². The van der Waals surface area contributed by atoms with E-state index in [1.165, 1.54) is 38.5 Å². The van der Waals surface area contributed by atoms with E-state index >= 15 is 0 Å². The Hall–Kier alpha value is 0.697. The zero-order chi connectivity index (χ0) is 33.6. The monoisotopic (exact) mass is 990 g/mol. The normalized spacial score (nSPS) is 10.5. The topological polar surface area (TPSA) is 157 Å². The van der Waals surface area contributed by atoms with Gasteiger partial charge in [0.25, 0.3) is 0 Å². The molecule has 0 aromatic heterocycles. The second-order valence-electron chi connectivity index (χ2n) is 7.88. The summed E-state index contributed by atoms with van der Waals surface area (Å²) >= 11 is 3.22. The first kappa shape index (κ1) is 57.4. The number of unbranched alkanes of at least 4 members (excludes halogenated alkanes) is 6. The Morgan fingerprint density at radius 1 is 0.780 bits per heavy atom. The molecule has 13 heteroatoms. The van der Waals surface area contributed by atoms with Gasteiger partial charge in [-0.15, -0.1) is 0 Å². The molecule has 6 N–H and O–H groups in total. The van der Waals surface area contributed by atoms with E-state index in [2.05, 4.69) is 50.2 Å². The Balaban J connectivity index is -0.0000000748. The average molecular weight is 992 g/mol. The summed E-state index contributed by atoms with van der Waals surface area (Å²) in [7, 11) is 10.9. The number of piperazine rings is 1. The first-order valence-electron chi connectivity index (χ1n) is 14.7. The number of carbonyl (C=O) groups is 2. The van der Waals surface area contributed by atoms with Crippen LogP contribution in [0, 0.1) is 6.92 Å². The molecule has 41 heavy (non-hydrogen) atoms. The molecule has 0 unspecified atom stereocenters. The van der Waals surface area contributed by atoms with Gasteiger partial charge in [-0.1, -0.05) is 73.1 Å². The number of hydrogen-bond donors (Lipinski definition) is 2. The van der Waals surface area contributed by atoms with Crippen LogP contribution in [-0.4, -0.2) is 76.1 Å². The molecule has 262 valence electrons. The van der Waals surface area contributed by atoms with Crippen molar-refractivity contribution in [1.29, 1.82) is 0 Å². The Morgan fingerprint density at radius 3 is 1.44 bits per heavy atom. The molecule has 0 bridgehead atoms. The van der Waals surface area contributed by atoms with Crippen LogP contribution in [0.3, 0.4) is 0 Å². The van der Waals surface area contributed by atoms with Crippen molar-refractivity contribution in [1.82, 2.24) is 15.5 Å². The molecule has 1 aliphatic rings. The zero-order valence-electron chi connectivity index (χ0n) is 26.8. The number of carbonyl (C=O) groups excluding carboxylic acids is 2. The number of amides is 2. The zero-order valence-corrected chi connectivity index (χ0v) is 32.9. The van der Waals surface area contributed by atoms with Crippen molar-refractivity contribution in [2.24, 2.45) is 0 Å². The largest absolute Gasteiger partial charge is 0.679 e. The van der Waals surface area contributed by atoms with E-state index in [9.17, 15) is 9.59 Å². The van der Waals surface area contributed by atoms with Gasteiger partial charge >= 0.3 is 56.4 Å². The molecule has 1 fully saturated rings. The number of hydrogen-bond acceptors (Lipinski definition) is 3. The quantitative estimate of drug-likeness (QED) is 0.148. The Labute approximate surface area is 286 Å². The number of rotatable bonds is 12. The van der Waals surface area contributed by atoms with E-state index in [4.69, 9.17) is 22.9 Å². The van der Waals surface area contributed by atoms with Crippen LogP contribution < -0.4 is 10.6 Å². The van der Waals surface area contributed by atoms with Gasteiger partial charge in [0.1, 0.15) is 0 Å². The van der Waals surface area contributed by atoms with Gasteiger partial charge in [-0.3, -0.25) is 9.59 Å². The summed E-state index contributed by atoms with van der Waals surface area (Å²) in [6.45, 7) is 18.7. The smallest absolute Gasteiger partial charge is 0.171 e. The molecule has 0 spiro atoms. The minimum Gasteiger partial charge on any atom is -0.679 e. The van der Waals surface area contributed by atoms with E-state index in [0.717, 1.165) is 51.9 Å². The van der Waals surface area contributed by atoms with Crippen molar-refractivity contribution < 1.29 is 47.1 Å². The summed E-state index contributed by atoms with van der Waals surface area (Å²) < 4.78 is 0. The van der Waals surface area contributed by atoms with Crippen LogP contribution in [0.15, 0.2) is 0 Å². The molecule has 0 saturated carbocycles. The summed E-state index contributed by atoms with van der Waals surface area (Å²) in [5.74, 6) is 0.513. The number of nitrogens with zero attached hydrogens (tertiary/aromatic N) is 1. The fourth-order valence-corrected chi connectivity index (χ4v) is 2.61. The van der Waals surface area contributed by atoms with Crippen molar-refractivity contribution in [3.63, 3.8) is 0 Å². The van der Waals surface area contributed by atoms with Gasteiger partial charge in [-0.05, 0) is 12.8 Å². The fourth-order valence-electron chi connectivity index (χ4n) is 2.61. The first-order chi connectivity index (χ1) is 19.9. The van der Waals surface area contributed by atoms with Crippen LogP contribution in [0.1, 0.15) is 105 Å². The fraction of sp³-hybridized carbons (Fsp3) is 0.893. The molecule has 0 aromatic rings. The molecular formula is C28H64Cl2N7O2Pt2-5. The van der Waals surface area contributed by atoms with Gasteiger partial charge in [0.15, 0.2) is 0 Å². The van der Waals surface area contributed by atoms with Gasteiger partial charge < -0.3 is 45.4 Å². The van der Waals surface area contributed by atoms with Crippen LogP contribution >= 0.6 is 18.8 Å². The second kappa shape index (κ2) is 68.1. The summed E-state index contributed by atoms with van der Waals surface area (Å²) in [6.07, 6.45) is 11.6.